The van der Waals surface area contributed by atoms with Gasteiger partial charge in [0.15, 0.2) is 6.10 Å². The van der Waals surface area contributed by atoms with E-state index in [1.807, 2.05) is 6.08 Å². The normalized spacial score (nSPS) is 14.2. The Labute approximate surface area is 292 Å². The highest BCUT2D eigenvalue weighted by molar-refractivity contribution is 7.47. The Bertz CT molecular complexity index is 822. The lowest BCUT2D eigenvalue weighted by molar-refractivity contribution is -0.161. The van der Waals surface area contributed by atoms with Crippen LogP contribution in [0.5, 0.6) is 0 Å². The zero-order chi connectivity index (χ0) is 35.6. The van der Waals surface area contributed by atoms with Gasteiger partial charge in [-0.25, -0.2) is 4.57 Å². The molecule has 3 atom stereocenters. The van der Waals surface area contributed by atoms with E-state index >= 15 is 0 Å². The number of unbranched alkanes of at least 4 members (excludes halogenated alkanes) is 20. The van der Waals surface area contributed by atoms with Crippen LogP contribution < -0.4 is 0 Å². The monoisotopic (exact) mass is 706 g/mol. The number of hydrogen-bond acceptors (Lipinski definition) is 9. The first-order valence-corrected chi connectivity index (χ1v) is 20.6. The smallest absolute Gasteiger partial charge is 0.462 e. The summed E-state index contributed by atoms with van der Waals surface area (Å²) in [5.74, 6) is -0.978. The predicted octanol–water partition coefficient (Wildman–Crippen LogP) is 9.28. The van der Waals surface area contributed by atoms with Crippen LogP contribution in [0.15, 0.2) is 12.2 Å². The first-order valence-electron chi connectivity index (χ1n) is 19.1. The molecule has 0 aromatic heterocycles. The Morgan fingerprint density at radius 2 is 1.06 bits per heavy atom. The van der Waals surface area contributed by atoms with Gasteiger partial charge in [-0.15, -0.1) is 0 Å². The number of ether oxygens (including phenoxy) is 2. The molecular formula is C37H71O10P. The van der Waals surface area contributed by atoms with Crippen LogP contribution in [0, 0.1) is 0 Å². The molecule has 48 heavy (non-hydrogen) atoms. The van der Waals surface area contributed by atoms with Gasteiger partial charge in [0.05, 0.1) is 19.8 Å². The molecule has 0 rings (SSSR count). The van der Waals surface area contributed by atoms with Crippen LogP contribution in [0.4, 0.5) is 0 Å². The zero-order valence-corrected chi connectivity index (χ0v) is 31.4. The Kier molecular flexibility index (Phi) is 33.3. The minimum Gasteiger partial charge on any atom is -0.462 e. The number of rotatable bonds is 36. The maximum absolute atomic E-state index is 12.5. The Morgan fingerprint density at radius 1 is 0.604 bits per heavy atom. The summed E-state index contributed by atoms with van der Waals surface area (Å²) in [6.45, 7) is 2.32. The molecule has 0 saturated heterocycles. The highest BCUT2D eigenvalue weighted by Gasteiger charge is 2.27. The number of allylic oxidation sites excluding steroid dienone is 2. The van der Waals surface area contributed by atoms with Crippen molar-refractivity contribution in [2.45, 2.75) is 187 Å². The lowest BCUT2D eigenvalue weighted by Crippen LogP contribution is -2.29. The summed E-state index contributed by atoms with van der Waals surface area (Å²) >= 11 is 0. The number of carbonyl (C=O) groups is 2. The van der Waals surface area contributed by atoms with Gasteiger partial charge in [-0.2, -0.15) is 0 Å². The maximum Gasteiger partial charge on any atom is 0.472 e. The van der Waals surface area contributed by atoms with Gasteiger partial charge < -0.3 is 24.6 Å². The number of hydrogen-bond donors (Lipinski definition) is 3. The first-order chi connectivity index (χ1) is 23.2. The Balaban J connectivity index is 4.37. The molecule has 1 unspecified atom stereocenters. The standard InChI is InChI=1S/C37H71O10P/c1-3-5-7-9-11-13-15-16-17-18-19-21-22-24-26-28-36(40)44-32-35(33-46-48(42,43)45-31-34(39)30-38)47-37(41)29-27-25-23-20-14-12-10-8-6-4-2/h22,24,34-35,38-39H,3-21,23,25-33H2,1-2H3,(H,42,43)/b24-22+/t34-,35+/m1/s1. The highest BCUT2D eigenvalue weighted by atomic mass is 31.2. The summed E-state index contributed by atoms with van der Waals surface area (Å²) in [7, 11) is -4.61. The molecule has 3 N–H and O–H groups in total. The average Bonchev–Trinajstić information content (AvgIpc) is 3.07. The zero-order valence-electron chi connectivity index (χ0n) is 30.5. The molecule has 10 nitrogen and oxygen atoms in total. The van der Waals surface area contributed by atoms with E-state index in [2.05, 4.69) is 24.4 Å². The molecule has 0 aliphatic rings. The summed E-state index contributed by atoms with van der Waals surface area (Å²) in [6.07, 6.45) is 29.1. The van der Waals surface area contributed by atoms with Crippen molar-refractivity contribution in [3.05, 3.63) is 12.2 Å². The van der Waals surface area contributed by atoms with Crippen LogP contribution in [0.2, 0.25) is 0 Å². The van der Waals surface area contributed by atoms with Crippen molar-refractivity contribution in [2.24, 2.45) is 0 Å². The largest absolute Gasteiger partial charge is 0.472 e. The first kappa shape index (κ1) is 46.7. The van der Waals surface area contributed by atoms with E-state index in [-0.39, 0.29) is 19.4 Å². The fourth-order valence-corrected chi connectivity index (χ4v) is 5.98. The second-order valence-corrected chi connectivity index (χ2v) is 14.4. The van der Waals surface area contributed by atoms with E-state index in [4.69, 9.17) is 19.1 Å². The van der Waals surface area contributed by atoms with Crippen molar-refractivity contribution in [1.29, 1.82) is 0 Å². The van der Waals surface area contributed by atoms with Crippen molar-refractivity contribution < 1.29 is 47.8 Å². The Hall–Kier alpha value is -1.29. The van der Waals surface area contributed by atoms with Crippen LogP contribution in [-0.2, 0) is 32.7 Å². The van der Waals surface area contributed by atoms with E-state index in [1.165, 1.54) is 103 Å². The van der Waals surface area contributed by atoms with Gasteiger partial charge in [0.1, 0.15) is 12.7 Å². The molecule has 0 radical (unpaired) electrons. The minimum atomic E-state index is -4.61. The average molecular weight is 707 g/mol. The number of phosphoric ester groups is 1. The fraction of sp³-hybridized carbons (Fsp3) is 0.892. The number of aliphatic hydroxyl groups excluding tert-OH is 2. The molecule has 0 fully saturated rings. The van der Waals surface area contributed by atoms with Crippen LogP contribution in [0.25, 0.3) is 0 Å². The highest BCUT2D eigenvalue weighted by Crippen LogP contribution is 2.43. The number of aliphatic hydroxyl groups is 2. The second-order valence-electron chi connectivity index (χ2n) is 13.0. The van der Waals surface area contributed by atoms with Crippen LogP contribution >= 0.6 is 7.82 Å². The lowest BCUT2D eigenvalue weighted by Gasteiger charge is -2.20. The van der Waals surface area contributed by atoms with Gasteiger partial charge in [-0.1, -0.05) is 148 Å². The van der Waals surface area contributed by atoms with E-state index in [0.717, 1.165) is 32.1 Å². The fourth-order valence-electron chi connectivity index (χ4n) is 5.19. The van der Waals surface area contributed by atoms with Gasteiger partial charge >= 0.3 is 19.8 Å². The maximum atomic E-state index is 12.5. The molecule has 0 saturated carbocycles. The van der Waals surface area contributed by atoms with Crippen molar-refractivity contribution >= 4 is 19.8 Å². The van der Waals surface area contributed by atoms with E-state index in [9.17, 15) is 24.2 Å². The van der Waals surface area contributed by atoms with Crippen molar-refractivity contribution in [3.8, 4) is 0 Å². The van der Waals surface area contributed by atoms with Gasteiger partial charge in [-0.3, -0.25) is 18.6 Å². The molecule has 0 amide bonds. The van der Waals surface area contributed by atoms with Crippen molar-refractivity contribution in [1.82, 2.24) is 0 Å². The molecular weight excluding hydrogens is 635 g/mol. The molecule has 0 spiro atoms. The molecule has 0 bridgehead atoms. The molecule has 0 aliphatic heterocycles. The van der Waals surface area contributed by atoms with E-state index in [1.54, 1.807) is 0 Å². The third-order valence-corrected chi connectivity index (χ3v) is 9.13. The SMILES string of the molecule is CCCCCCCCCCCCC/C=C/CCC(=O)OC[C@@H](COP(=O)(O)OC[C@H](O)CO)OC(=O)CCCCCCCCCCCC. The lowest BCUT2D eigenvalue weighted by atomic mass is 10.1. The van der Waals surface area contributed by atoms with Gasteiger partial charge in [-0.05, 0) is 25.7 Å². The topological polar surface area (TPSA) is 149 Å². The minimum absolute atomic E-state index is 0.162. The molecule has 0 aromatic carbocycles. The third-order valence-electron chi connectivity index (χ3n) is 8.18. The Morgan fingerprint density at radius 3 is 1.58 bits per heavy atom. The molecule has 0 aromatic rings. The second kappa shape index (κ2) is 34.2. The third kappa shape index (κ3) is 33.2. The van der Waals surface area contributed by atoms with Crippen LogP contribution in [0.1, 0.15) is 174 Å². The molecule has 0 aliphatic carbocycles. The van der Waals surface area contributed by atoms with Crippen LogP contribution in [0.3, 0.4) is 0 Å². The molecule has 0 heterocycles. The number of esters is 2. The van der Waals surface area contributed by atoms with Gasteiger partial charge in [0, 0.05) is 12.8 Å². The summed E-state index contributed by atoms with van der Waals surface area (Å²) in [5, 5.41) is 18.2. The summed E-state index contributed by atoms with van der Waals surface area (Å²) in [5.41, 5.74) is 0. The predicted molar refractivity (Wildman–Crippen MR) is 192 cm³/mol. The molecule has 284 valence electrons. The van der Waals surface area contributed by atoms with Crippen molar-refractivity contribution in [2.75, 3.05) is 26.4 Å². The summed E-state index contributed by atoms with van der Waals surface area (Å²) in [4.78, 5) is 34.7. The van der Waals surface area contributed by atoms with Crippen molar-refractivity contribution in [3.63, 3.8) is 0 Å². The van der Waals surface area contributed by atoms with E-state index < -0.39 is 51.8 Å². The van der Waals surface area contributed by atoms with Crippen LogP contribution in [-0.4, -0.2) is 65.7 Å². The van der Waals surface area contributed by atoms with Gasteiger partial charge in [0.2, 0.25) is 0 Å². The van der Waals surface area contributed by atoms with E-state index in [0.29, 0.717) is 12.8 Å². The summed E-state index contributed by atoms with van der Waals surface area (Å²) < 4.78 is 32.5. The van der Waals surface area contributed by atoms with Gasteiger partial charge in [0.25, 0.3) is 0 Å². The summed E-state index contributed by atoms with van der Waals surface area (Å²) in [6, 6.07) is 0. The number of phosphoric acid groups is 1. The molecule has 11 heteroatoms. The quantitative estimate of drug-likeness (QED) is 0.0249. The number of carbonyl (C=O) groups excluding carboxylic acids is 2.